The molecule has 0 heterocycles. The summed E-state index contributed by atoms with van der Waals surface area (Å²) in [7, 11) is 3.25. The Kier molecular flexibility index (Phi) is 6.07. The summed E-state index contributed by atoms with van der Waals surface area (Å²) in [6.45, 7) is 2.03. The first-order chi connectivity index (χ1) is 11.0. The number of halogens is 1. The molecule has 0 aliphatic heterocycles. The zero-order valence-corrected chi connectivity index (χ0v) is 14.8. The number of benzene rings is 2. The lowest BCUT2D eigenvalue weighted by molar-refractivity contribution is 0.414. The molecule has 0 fully saturated rings. The van der Waals surface area contributed by atoms with Gasteiger partial charge in [0, 0.05) is 5.02 Å². The van der Waals surface area contributed by atoms with Crippen LogP contribution in [-0.2, 0) is 0 Å². The number of hydrogen-bond acceptors (Lipinski definition) is 3. The molecule has 0 spiro atoms. The molecule has 0 aromatic heterocycles. The highest BCUT2D eigenvalue weighted by Crippen LogP contribution is 2.27. The topological polar surface area (TPSA) is 42.5 Å². The van der Waals surface area contributed by atoms with Gasteiger partial charge >= 0.3 is 0 Å². The van der Waals surface area contributed by atoms with E-state index >= 15 is 0 Å². The molecule has 1 atom stereocenters. The Hall–Kier alpha value is -1.98. The number of hydrogen-bond donors (Lipinski definition) is 2. The number of ether oxygens (including phenoxy) is 2. The molecule has 0 bridgehead atoms. The molecule has 0 amide bonds. The van der Waals surface area contributed by atoms with E-state index < -0.39 is 0 Å². The molecule has 2 rings (SSSR count). The molecule has 122 valence electrons. The SMILES string of the molecule is COc1ccc(C(C)NC(=S)Nc2cc(Cl)ccc2OC)cc1. The Morgan fingerprint density at radius 2 is 1.78 bits per heavy atom. The Labute approximate surface area is 146 Å². The summed E-state index contributed by atoms with van der Waals surface area (Å²) < 4.78 is 10.5. The van der Waals surface area contributed by atoms with Gasteiger partial charge in [-0.2, -0.15) is 0 Å². The van der Waals surface area contributed by atoms with Gasteiger partial charge in [0.1, 0.15) is 11.5 Å². The van der Waals surface area contributed by atoms with Crippen molar-refractivity contribution in [2.24, 2.45) is 0 Å². The van der Waals surface area contributed by atoms with Crippen molar-refractivity contribution >= 4 is 34.6 Å². The maximum absolute atomic E-state index is 6.02. The molecule has 0 saturated carbocycles. The predicted molar refractivity (Wildman–Crippen MR) is 98.8 cm³/mol. The van der Waals surface area contributed by atoms with E-state index in [4.69, 9.17) is 33.3 Å². The van der Waals surface area contributed by atoms with Crippen LogP contribution in [0.4, 0.5) is 5.69 Å². The van der Waals surface area contributed by atoms with E-state index in [0.29, 0.717) is 15.9 Å². The van der Waals surface area contributed by atoms with Gasteiger partial charge in [-0.15, -0.1) is 0 Å². The first kappa shape index (κ1) is 17.4. The minimum atomic E-state index is 0.0473. The molecule has 4 nitrogen and oxygen atoms in total. The molecule has 0 aliphatic carbocycles. The zero-order chi connectivity index (χ0) is 16.8. The fraction of sp³-hybridized carbons (Fsp3) is 0.235. The number of nitrogens with one attached hydrogen (secondary N) is 2. The summed E-state index contributed by atoms with van der Waals surface area (Å²) in [4.78, 5) is 0. The lowest BCUT2D eigenvalue weighted by Gasteiger charge is -2.19. The van der Waals surface area contributed by atoms with Crippen LogP contribution in [0.3, 0.4) is 0 Å². The maximum atomic E-state index is 6.02. The lowest BCUT2D eigenvalue weighted by Crippen LogP contribution is -2.31. The zero-order valence-electron chi connectivity index (χ0n) is 13.2. The van der Waals surface area contributed by atoms with Crippen LogP contribution in [0, 0.1) is 0 Å². The van der Waals surface area contributed by atoms with E-state index in [2.05, 4.69) is 10.6 Å². The monoisotopic (exact) mass is 350 g/mol. The van der Waals surface area contributed by atoms with Gasteiger partial charge in [0.05, 0.1) is 25.9 Å². The highest BCUT2D eigenvalue weighted by atomic mass is 35.5. The van der Waals surface area contributed by atoms with Crippen LogP contribution in [0.25, 0.3) is 0 Å². The summed E-state index contributed by atoms with van der Waals surface area (Å²) >= 11 is 11.4. The average Bonchev–Trinajstić information content (AvgIpc) is 2.55. The third-order valence-corrected chi connectivity index (χ3v) is 3.83. The van der Waals surface area contributed by atoms with Crippen molar-refractivity contribution in [1.29, 1.82) is 0 Å². The average molecular weight is 351 g/mol. The van der Waals surface area contributed by atoms with E-state index in [1.807, 2.05) is 31.2 Å². The highest BCUT2D eigenvalue weighted by Gasteiger charge is 2.10. The largest absolute Gasteiger partial charge is 0.497 e. The molecule has 1 unspecified atom stereocenters. The fourth-order valence-electron chi connectivity index (χ4n) is 2.11. The van der Waals surface area contributed by atoms with Crippen molar-refractivity contribution in [2.75, 3.05) is 19.5 Å². The van der Waals surface area contributed by atoms with Gasteiger partial charge in [-0.1, -0.05) is 23.7 Å². The van der Waals surface area contributed by atoms with Crippen molar-refractivity contribution in [3.8, 4) is 11.5 Å². The second kappa shape index (κ2) is 8.04. The van der Waals surface area contributed by atoms with Crippen molar-refractivity contribution < 1.29 is 9.47 Å². The number of anilines is 1. The number of rotatable bonds is 5. The summed E-state index contributed by atoms with van der Waals surface area (Å²) in [5.41, 5.74) is 1.83. The molecule has 2 aromatic rings. The van der Waals surface area contributed by atoms with Gasteiger partial charge in [-0.05, 0) is 55.0 Å². The van der Waals surface area contributed by atoms with E-state index in [-0.39, 0.29) is 6.04 Å². The molecule has 2 aromatic carbocycles. The van der Waals surface area contributed by atoms with Gasteiger partial charge in [0.15, 0.2) is 5.11 Å². The molecule has 23 heavy (non-hydrogen) atoms. The highest BCUT2D eigenvalue weighted by molar-refractivity contribution is 7.80. The van der Waals surface area contributed by atoms with Crippen LogP contribution in [-0.4, -0.2) is 19.3 Å². The van der Waals surface area contributed by atoms with E-state index in [1.54, 1.807) is 32.4 Å². The first-order valence-electron chi connectivity index (χ1n) is 7.08. The third kappa shape index (κ3) is 4.74. The van der Waals surface area contributed by atoms with Gasteiger partial charge < -0.3 is 20.1 Å². The molecular formula is C17H19ClN2O2S. The van der Waals surface area contributed by atoms with Crippen molar-refractivity contribution in [3.63, 3.8) is 0 Å². The first-order valence-corrected chi connectivity index (χ1v) is 7.87. The molecule has 0 radical (unpaired) electrons. The Balaban J connectivity index is 2.02. The van der Waals surface area contributed by atoms with Crippen LogP contribution in [0.1, 0.15) is 18.5 Å². The Bertz CT molecular complexity index is 677. The van der Waals surface area contributed by atoms with Crippen LogP contribution in [0.2, 0.25) is 5.02 Å². The van der Waals surface area contributed by atoms with Crippen LogP contribution in [0.5, 0.6) is 11.5 Å². The van der Waals surface area contributed by atoms with Gasteiger partial charge in [-0.3, -0.25) is 0 Å². The summed E-state index contributed by atoms with van der Waals surface area (Å²) in [6, 6.07) is 13.2. The van der Waals surface area contributed by atoms with Crippen molar-refractivity contribution in [3.05, 3.63) is 53.1 Å². The smallest absolute Gasteiger partial charge is 0.171 e. The standard InChI is InChI=1S/C17H19ClN2O2S/c1-11(12-4-7-14(21-2)8-5-12)19-17(23)20-15-10-13(18)6-9-16(15)22-3/h4-11H,1-3H3,(H2,19,20,23). The minimum absolute atomic E-state index is 0.0473. The van der Waals surface area contributed by atoms with E-state index in [9.17, 15) is 0 Å². The van der Waals surface area contributed by atoms with Crippen molar-refractivity contribution in [1.82, 2.24) is 5.32 Å². The van der Waals surface area contributed by atoms with Gasteiger partial charge in [0.25, 0.3) is 0 Å². The van der Waals surface area contributed by atoms with E-state index in [1.165, 1.54) is 0 Å². The molecule has 0 saturated heterocycles. The van der Waals surface area contributed by atoms with Crippen LogP contribution in [0.15, 0.2) is 42.5 Å². The molecule has 6 heteroatoms. The number of thiocarbonyl (C=S) groups is 1. The molecular weight excluding hydrogens is 332 g/mol. The molecule has 2 N–H and O–H groups in total. The van der Waals surface area contributed by atoms with Crippen LogP contribution >= 0.6 is 23.8 Å². The second-order valence-corrected chi connectivity index (χ2v) is 5.78. The normalized spacial score (nSPS) is 11.5. The number of methoxy groups -OCH3 is 2. The summed E-state index contributed by atoms with van der Waals surface area (Å²) in [5.74, 6) is 1.50. The van der Waals surface area contributed by atoms with Crippen molar-refractivity contribution in [2.45, 2.75) is 13.0 Å². The second-order valence-electron chi connectivity index (χ2n) is 4.94. The summed E-state index contributed by atoms with van der Waals surface area (Å²) in [5, 5.41) is 7.45. The third-order valence-electron chi connectivity index (χ3n) is 3.37. The Morgan fingerprint density at radius 1 is 1.09 bits per heavy atom. The molecule has 0 aliphatic rings. The maximum Gasteiger partial charge on any atom is 0.171 e. The fourth-order valence-corrected chi connectivity index (χ4v) is 2.57. The Morgan fingerprint density at radius 3 is 2.39 bits per heavy atom. The van der Waals surface area contributed by atoms with Gasteiger partial charge in [-0.25, -0.2) is 0 Å². The van der Waals surface area contributed by atoms with E-state index in [0.717, 1.165) is 17.0 Å². The van der Waals surface area contributed by atoms with Gasteiger partial charge in [0.2, 0.25) is 0 Å². The summed E-state index contributed by atoms with van der Waals surface area (Å²) in [6.07, 6.45) is 0. The van der Waals surface area contributed by atoms with Crippen LogP contribution < -0.4 is 20.1 Å². The lowest BCUT2D eigenvalue weighted by atomic mass is 10.1. The predicted octanol–water partition coefficient (Wildman–Crippen LogP) is 4.40. The minimum Gasteiger partial charge on any atom is -0.497 e. The quantitative estimate of drug-likeness (QED) is 0.782.